The van der Waals surface area contributed by atoms with Crippen LogP contribution in [0.5, 0.6) is 0 Å². The fourth-order valence-corrected chi connectivity index (χ4v) is 2.48. The van der Waals surface area contributed by atoms with Gasteiger partial charge in [-0.05, 0) is 6.07 Å². The number of aromatic nitrogens is 4. The van der Waals surface area contributed by atoms with Crippen LogP contribution in [0, 0.1) is 0 Å². The molecule has 9 heteroatoms. The lowest BCUT2D eigenvalue weighted by atomic mass is 10.2. The molecule has 3 N–H and O–H groups in total. The molecule has 1 aliphatic heterocycles. The Hall–Kier alpha value is -2.35. The highest BCUT2D eigenvalue weighted by molar-refractivity contribution is 6.36. The van der Waals surface area contributed by atoms with Crippen LogP contribution in [-0.2, 0) is 13.1 Å². The minimum Gasteiger partial charge on any atom is -0.409 e. The van der Waals surface area contributed by atoms with E-state index in [1.54, 1.807) is 18.6 Å². The van der Waals surface area contributed by atoms with Crippen molar-refractivity contribution >= 4 is 23.3 Å². The molecule has 1 aliphatic rings. The summed E-state index contributed by atoms with van der Waals surface area (Å²) < 4.78 is 1.98. The number of hydrogen-bond acceptors (Lipinski definition) is 6. The van der Waals surface area contributed by atoms with Crippen molar-refractivity contribution in [2.45, 2.75) is 13.1 Å². The first-order chi connectivity index (χ1) is 9.70. The van der Waals surface area contributed by atoms with Gasteiger partial charge in [0.05, 0.1) is 11.6 Å². The van der Waals surface area contributed by atoms with Gasteiger partial charge in [-0.15, -0.1) is 10.2 Å². The minimum absolute atomic E-state index is 0.0428. The van der Waals surface area contributed by atoms with Gasteiger partial charge in [0.2, 0.25) is 0 Å². The molecule has 0 atom stereocenters. The quantitative estimate of drug-likeness (QED) is 0.360. The predicted octanol–water partition coefficient (Wildman–Crippen LogP) is 0.441. The van der Waals surface area contributed by atoms with Gasteiger partial charge in [0.1, 0.15) is 12.1 Å². The van der Waals surface area contributed by atoms with Gasteiger partial charge < -0.3 is 20.4 Å². The zero-order valence-corrected chi connectivity index (χ0v) is 11.2. The fourth-order valence-electron chi connectivity index (χ4n) is 2.15. The average molecular weight is 294 g/mol. The van der Waals surface area contributed by atoms with Crippen LogP contribution in [-0.4, -0.2) is 37.3 Å². The Morgan fingerprint density at radius 3 is 3.10 bits per heavy atom. The SMILES string of the molecule is N/C(=N/O)c1ccnc(N2CCn3cnnc3C2)c1Cl. The fraction of sp³-hybridized carbons (Fsp3) is 0.273. The predicted molar refractivity (Wildman–Crippen MR) is 72.8 cm³/mol. The molecular formula is C11H12ClN7O. The maximum atomic E-state index is 8.76. The number of rotatable bonds is 2. The van der Waals surface area contributed by atoms with E-state index in [0.717, 1.165) is 18.9 Å². The maximum Gasteiger partial charge on any atom is 0.171 e. The summed E-state index contributed by atoms with van der Waals surface area (Å²) in [6.07, 6.45) is 3.28. The van der Waals surface area contributed by atoms with Gasteiger partial charge in [-0.25, -0.2) is 4.98 Å². The highest BCUT2D eigenvalue weighted by atomic mass is 35.5. The van der Waals surface area contributed by atoms with Gasteiger partial charge in [-0.2, -0.15) is 0 Å². The van der Waals surface area contributed by atoms with Gasteiger partial charge in [0.15, 0.2) is 11.7 Å². The molecule has 3 heterocycles. The number of halogens is 1. The number of pyridine rings is 1. The van der Waals surface area contributed by atoms with Crippen LogP contribution < -0.4 is 10.6 Å². The number of fused-ring (bicyclic) bond motifs is 1. The molecule has 0 fully saturated rings. The Morgan fingerprint density at radius 2 is 2.30 bits per heavy atom. The number of nitrogens with zero attached hydrogens (tertiary/aromatic N) is 6. The van der Waals surface area contributed by atoms with E-state index in [9.17, 15) is 0 Å². The second-order valence-corrected chi connectivity index (χ2v) is 4.72. The molecule has 0 saturated carbocycles. The second kappa shape index (κ2) is 4.97. The number of nitrogens with two attached hydrogens (primary N) is 1. The molecule has 8 nitrogen and oxygen atoms in total. The molecule has 20 heavy (non-hydrogen) atoms. The molecular weight excluding hydrogens is 282 g/mol. The first-order valence-corrected chi connectivity index (χ1v) is 6.32. The van der Waals surface area contributed by atoms with E-state index >= 15 is 0 Å². The summed E-state index contributed by atoms with van der Waals surface area (Å²) in [6, 6.07) is 1.60. The van der Waals surface area contributed by atoms with E-state index < -0.39 is 0 Å². The van der Waals surface area contributed by atoms with E-state index in [2.05, 4.69) is 20.3 Å². The van der Waals surface area contributed by atoms with Crippen LogP contribution >= 0.6 is 11.6 Å². The lowest BCUT2D eigenvalue weighted by molar-refractivity contribution is 0.318. The monoisotopic (exact) mass is 293 g/mol. The van der Waals surface area contributed by atoms with Crippen LogP contribution in [0.3, 0.4) is 0 Å². The van der Waals surface area contributed by atoms with Gasteiger partial charge in [-0.3, -0.25) is 0 Å². The van der Waals surface area contributed by atoms with Gasteiger partial charge in [0, 0.05) is 24.8 Å². The Labute approximate surface area is 119 Å². The van der Waals surface area contributed by atoms with Crippen molar-refractivity contribution in [2.24, 2.45) is 10.9 Å². The van der Waals surface area contributed by atoms with Gasteiger partial charge in [-0.1, -0.05) is 16.8 Å². The normalized spacial score (nSPS) is 15.2. The van der Waals surface area contributed by atoms with Crippen molar-refractivity contribution < 1.29 is 5.21 Å². The van der Waals surface area contributed by atoms with Crippen LogP contribution in [0.25, 0.3) is 0 Å². The molecule has 0 saturated heterocycles. The van der Waals surface area contributed by atoms with Crippen LogP contribution in [0.4, 0.5) is 5.82 Å². The van der Waals surface area contributed by atoms with Gasteiger partial charge >= 0.3 is 0 Å². The van der Waals surface area contributed by atoms with Gasteiger partial charge in [0.25, 0.3) is 0 Å². The summed E-state index contributed by atoms with van der Waals surface area (Å²) in [5.41, 5.74) is 6.05. The summed E-state index contributed by atoms with van der Waals surface area (Å²) in [5.74, 6) is 1.40. The molecule has 0 unspecified atom stereocenters. The molecule has 0 bridgehead atoms. The summed E-state index contributed by atoms with van der Waals surface area (Å²) in [7, 11) is 0. The van der Waals surface area contributed by atoms with Crippen molar-refractivity contribution in [3.8, 4) is 0 Å². The zero-order chi connectivity index (χ0) is 14.1. The lowest BCUT2D eigenvalue weighted by Gasteiger charge is -2.28. The van der Waals surface area contributed by atoms with E-state index in [0.29, 0.717) is 22.9 Å². The molecule has 0 spiro atoms. The maximum absolute atomic E-state index is 8.76. The number of oxime groups is 1. The van der Waals surface area contributed by atoms with E-state index in [4.69, 9.17) is 22.5 Å². The van der Waals surface area contributed by atoms with Crippen molar-refractivity contribution in [1.29, 1.82) is 0 Å². The van der Waals surface area contributed by atoms with E-state index in [1.165, 1.54) is 0 Å². The minimum atomic E-state index is -0.0428. The Kier molecular flexibility index (Phi) is 3.15. The zero-order valence-electron chi connectivity index (χ0n) is 10.4. The third-order valence-corrected chi connectivity index (χ3v) is 3.57. The molecule has 0 aliphatic carbocycles. The Bertz CT molecular complexity index is 669. The van der Waals surface area contributed by atoms with E-state index in [1.807, 2.05) is 9.47 Å². The first-order valence-electron chi connectivity index (χ1n) is 5.94. The first kappa shape index (κ1) is 12.7. The highest BCUT2D eigenvalue weighted by Gasteiger charge is 2.22. The van der Waals surface area contributed by atoms with Crippen LogP contribution in [0.15, 0.2) is 23.7 Å². The molecule has 2 aromatic heterocycles. The van der Waals surface area contributed by atoms with Crippen LogP contribution in [0.2, 0.25) is 5.02 Å². The summed E-state index contributed by atoms with van der Waals surface area (Å²) in [5, 5.41) is 20.0. The second-order valence-electron chi connectivity index (χ2n) is 4.34. The van der Waals surface area contributed by atoms with Crippen molar-refractivity contribution in [2.75, 3.05) is 11.4 Å². The average Bonchev–Trinajstić information content (AvgIpc) is 2.94. The van der Waals surface area contributed by atoms with Crippen LogP contribution in [0.1, 0.15) is 11.4 Å². The van der Waals surface area contributed by atoms with Crippen molar-refractivity contribution in [1.82, 2.24) is 19.7 Å². The molecule has 2 aromatic rings. The summed E-state index contributed by atoms with van der Waals surface area (Å²) in [4.78, 5) is 6.27. The lowest BCUT2D eigenvalue weighted by Crippen LogP contribution is -2.34. The smallest absolute Gasteiger partial charge is 0.171 e. The van der Waals surface area contributed by atoms with Crippen molar-refractivity contribution in [3.05, 3.63) is 35.0 Å². The largest absolute Gasteiger partial charge is 0.409 e. The number of anilines is 1. The standard InChI is InChI=1S/C11H12ClN7O/c12-9-7(10(13)17-20)1-2-14-11(9)18-3-4-19-6-15-16-8(19)5-18/h1-2,6,20H,3-5H2,(H2,13,17). The summed E-state index contributed by atoms with van der Waals surface area (Å²) in [6.45, 7) is 2.05. The van der Waals surface area contributed by atoms with E-state index in [-0.39, 0.29) is 5.84 Å². The Balaban J connectivity index is 1.96. The number of amidine groups is 1. The summed E-state index contributed by atoms with van der Waals surface area (Å²) >= 11 is 6.30. The third-order valence-electron chi connectivity index (χ3n) is 3.19. The number of hydrogen-bond donors (Lipinski definition) is 2. The third kappa shape index (κ3) is 2.03. The Morgan fingerprint density at radius 1 is 1.45 bits per heavy atom. The molecule has 0 aromatic carbocycles. The highest BCUT2D eigenvalue weighted by Crippen LogP contribution is 2.28. The molecule has 0 radical (unpaired) electrons. The molecule has 104 valence electrons. The van der Waals surface area contributed by atoms with Crippen molar-refractivity contribution in [3.63, 3.8) is 0 Å². The topological polar surface area (TPSA) is 105 Å². The molecule has 0 amide bonds. The molecule has 3 rings (SSSR count).